The van der Waals surface area contributed by atoms with Gasteiger partial charge in [-0.25, -0.2) is 4.79 Å². The lowest BCUT2D eigenvalue weighted by Gasteiger charge is -2.16. The summed E-state index contributed by atoms with van der Waals surface area (Å²) in [6.07, 6.45) is -0.149. The Bertz CT molecular complexity index is 806. The molecular weight excluding hydrogens is 332 g/mol. The first-order valence-corrected chi connectivity index (χ1v) is 8.71. The van der Waals surface area contributed by atoms with Gasteiger partial charge in [-0.2, -0.15) is 0 Å². The van der Waals surface area contributed by atoms with E-state index in [1.54, 1.807) is 0 Å². The topological polar surface area (TPSA) is 87.7 Å². The van der Waals surface area contributed by atoms with E-state index in [4.69, 9.17) is 9.84 Å². The Morgan fingerprint density at radius 3 is 2.27 bits per heavy atom. The van der Waals surface area contributed by atoms with Gasteiger partial charge < -0.3 is 20.5 Å². The van der Waals surface area contributed by atoms with Crippen LogP contribution in [-0.4, -0.2) is 42.4 Å². The number of rotatable bonds is 4. The van der Waals surface area contributed by atoms with Crippen LogP contribution in [0.3, 0.4) is 0 Å². The highest BCUT2D eigenvalue weighted by Crippen LogP contribution is 2.44. The number of benzene rings is 2. The Hall–Kier alpha value is -2.86. The molecule has 1 amide bonds. The summed E-state index contributed by atoms with van der Waals surface area (Å²) in [5.74, 6) is -0.886. The number of aliphatic carboxylic acids is 1. The van der Waals surface area contributed by atoms with Gasteiger partial charge in [0.1, 0.15) is 12.6 Å². The molecule has 2 unspecified atom stereocenters. The first-order valence-electron chi connectivity index (χ1n) is 8.71. The van der Waals surface area contributed by atoms with Crippen LogP contribution in [0.4, 0.5) is 4.79 Å². The molecule has 26 heavy (non-hydrogen) atoms. The van der Waals surface area contributed by atoms with Gasteiger partial charge in [0.2, 0.25) is 0 Å². The molecule has 0 spiro atoms. The van der Waals surface area contributed by atoms with Crippen molar-refractivity contribution in [3.05, 3.63) is 59.7 Å². The molecule has 1 fully saturated rings. The van der Waals surface area contributed by atoms with Gasteiger partial charge in [0, 0.05) is 18.5 Å². The van der Waals surface area contributed by atoms with Crippen LogP contribution in [0, 0.1) is 0 Å². The van der Waals surface area contributed by atoms with E-state index in [1.807, 2.05) is 24.3 Å². The van der Waals surface area contributed by atoms with Gasteiger partial charge in [-0.3, -0.25) is 4.79 Å². The van der Waals surface area contributed by atoms with Crippen molar-refractivity contribution >= 4 is 12.1 Å². The number of amides is 1. The third-order valence-electron chi connectivity index (χ3n) is 5.09. The summed E-state index contributed by atoms with van der Waals surface area (Å²) in [7, 11) is 0. The van der Waals surface area contributed by atoms with Gasteiger partial charge in [-0.1, -0.05) is 48.5 Å². The number of carboxylic acid groups (broad SMARTS) is 1. The van der Waals surface area contributed by atoms with Crippen LogP contribution in [0.25, 0.3) is 11.1 Å². The molecule has 2 aliphatic rings. The maximum Gasteiger partial charge on any atom is 0.407 e. The molecule has 0 saturated carbocycles. The largest absolute Gasteiger partial charge is 0.480 e. The summed E-state index contributed by atoms with van der Waals surface area (Å²) in [4.78, 5) is 23.1. The van der Waals surface area contributed by atoms with E-state index in [1.165, 1.54) is 11.1 Å². The van der Waals surface area contributed by atoms with E-state index in [-0.39, 0.29) is 18.6 Å². The SMILES string of the molecule is O=C(NC1CNC(C(=O)O)C1)OCC1c2ccccc2-c2ccccc21. The molecule has 3 N–H and O–H groups in total. The minimum absolute atomic E-state index is 0.0154. The van der Waals surface area contributed by atoms with Crippen molar-refractivity contribution < 1.29 is 19.4 Å². The standard InChI is InChI=1S/C20H20N2O4/c23-19(24)18-9-12(10-21-18)22-20(25)26-11-17-15-7-3-1-5-13(15)14-6-2-4-8-16(14)17/h1-8,12,17-18,21H,9-11H2,(H,22,25)(H,23,24). The molecule has 0 radical (unpaired) electrons. The van der Waals surface area contributed by atoms with Crippen LogP contribution in [0.15, 0.2) is 48.5 Å². The predicted octanol–water partition coefficient (Wildman–Crippen LogP) is 2.34. The lowest BCUT2D eigenvalue weighted by molar-refractivity contribution is -0.139. The molecule has 6 heteroatoms. The van der Waals surface area contributed by atoms with E-state index in [9.17, 15) is 9.59 Å². The number of carbonyl (C=O) groups excluding carboxylic acids is 1. The minimum Gasteiger partial charge on any atom is -0.480 e. The number of fused-ring (bicyclic) bond motifs is 3. The zero-order valence-electron chi connectivity index (χ0n) is 14.1. The summed E-state index contributed by atoms with van der Waals surface area (Å²) < 4.78 is 5.47. The van der Waals surface area contributed by atoms with Crippen molar-refractivity contribution in [3.8, 4) is 11.1 Å². The molecule has 2 atom stereocenters. The highest BCUT2D eigenvalue weighted by atomic mass is 16.5. The van der Waals surface area contributed by atoms with Crippen LogP contribution < -0.4 is 10.6 Å². The normalized spacial score (nSPS) is 21.1. The van der Waals surface area contributed by atoms with E-state index in [0.717, 1.165) is 11.1 Å². The first kappa shape index (κ1) is 16.6. The fourth-order valence-electron chi connectivity index (χ4n) is 3.84. The third kappa shape index (κ3) is 3.04. The Morgan fingerprint density at radius 2 is 1.69 bits per heavy atom. The van der Waals surface area contributed by atoms with Crippen molar-refractivity contribution in [2.24, 2.45) is 0 Å². The van der Waals surface area contributed by atoms with Crippen molar-refractivity contribution in [1.82, 2.24) is 10.6 Å². The smallest absolute Gasteiger partial charge is 0.407 e. The first-order chi connectivity index (χ1) is 12.6. The second-order valence-electron chi connectivity index (χ2n) is 6.70. The second-order valence-corrected chi connectivity index (χ2v) is 6.70. The van der Waals surface area contributed by atoms with E-state index in [2.05, 4.69) is 34.9 Å². The monoisotopic (exact) mass is 352 g/mol. The Kier molecular flexibility index (Phi) is 4.34. The maximum absolute atomic E-state index is 12.1. The van der Waals surface area contributed by atoms with Gasteiger partial charge in [0.05, 0.1) is 0 Å². The fraction of sp³-hybridized carbons (Fsp3) is 0.300. The van der Waals surface area contributed by atoms with Crippen molar-refractivity contribution in [1.29, 1.82) is 0 Å². The molecule has 0 aromatic heterocycles. The van der Waals surface area contributed by atoms with Crippen molar-refractivity contribution in [2.75, 3.05) is 13.2 Å². The molecule has 2 aromatic rings. The number of hydrogen-bond donors (Lipinski definition) is 3. The molecular formula is C20H20N2O4. The molecule has 1 saturated heterocycles. The number of hydrogen-bond acceptors (Lipinski definition) is 4. The second kappa shape index (κ2) is 6.80. The molecule has 0 bridgehead atoms. The van der Waals surface area contributed by atoms with Crippen LogP contribution in [0.1, 0.15) is 23.5 Å². The van der Waals surface area contributed by atoms with E-state index >= 15 is 0 Å². The van der Waals surface area contributed by atoms with Gasteiger partial charge in [-0.15, -0.1) is 0 Å². The maximum atomic E-state index is 12.1. The van der Waals surface area contributed by atoms with E-state index in [0.29, 0.717) is 13.0 Å². The molecule has 2 aromatic carbocycles. The summed E-state index contributed by atoms with van der Waals surface area (Å²) >= 11 is 0. The average molecular weight is 352 g/mol. The van der Waals surface area contributed by atoms with Crippen LogP contribution >= 0.6 is 0 Å². The van der Waals surface area contributed by atoms with Crippen LogP contribution in [0.5, 0.6) is 0 Å². The molecule has 6 nitrogen and oxygen atoms in total. The Labute approximate surface area is 151 Å². The quantitative estimate of drug-likeness (QED) is 0.786. The van der Waals surface area contributed by atoms with Crippen LogP contribution in [-0.2, 0) is 9.53 Å². The van der Waals surface area contributed by atoms with E-state index < -0.39 is 18.1 Å². The van der Waals surface area contributed by atoms with Gasteiger partial charge in [0.25, 0.3) is 0 Å². The molecule has 1 aliphatic carbocycles. The van der Waals surface area contributed by atoms with Crippen LogP contribution in [0.2, 0.25) is 0 Å². The number of carbonyl (C=O) groups is 2. The van der Waals surface area contributed by atoms with Gasteiger partial charge >= 0.3 is 12.1 Å². The fourth-order valence-corrected chi connectivity index (χ4v) is 3.84. The Morgan fingerprint density at radius 1 is 1.08 bits per heavy atom. The van der Waals surface area contributed by atoms with Gasteiger partial charge in [0.15, 0.2) is 0 Å². The van der Waals surface area contributed by atoms with Crippen molar-refractivity contribution in [3.63, 3.8) is 0 Å². The number of nitrogens with one attached hydrogen (secondary N) is 2. The number of ether oxygens (including phenoxy) is 1. The lowest BCUT2D eigenvalue weighted by atomic mass is 9.98. The zero-order chi connectivity index (χ0) is 18.1. The summed E-state index contributed by atoms with van der Waals surface area (Å²) in [6, 6.07) is 15.5. The Balaban J connectivity index is 1.41. The molecule has 1 aliphatic heterocycles. The number of alkyl carbamates (subject to hydrolysis) is 1. The highest BCUT2D eigenvalue weighted by molar-refractivity contribution is 5.79. The molecule has 134 valence electrons. The average Bonchev–Trinajstić information content (AvgIpc) is 3.23. The predicted molar refractivity (Wildman–Crippen MR) is 96.0 cm³/mol. The summed E-state index contributed by atoms with van der Waals surface area (Å²) in [5.41, 5.74) is 4.69. The summed E-state index contributed by atoms with van der Waals surface area (Å²) in [5, 5.41) is 14.6. The molecule has 1 heterocycles. The van der Waals surface area contributed by atoms with Crippen molar-refractivity contribution in [2.45, 2.75) is 24.4 Å². The minimum atomic E-state index is -0.901. The third-order valence-corrected chi connectivity index (χ3v) is 5.09. The number of carboxylic acids is 1. The molecule has 4 rings (SSSR count). The highest BCUT2D eigenvalue weighted by Gasteiger charge is 2.32. The van der Waals surface area contributed by atoms with Gasteiger partial charge in [-0.05, 0) is 28.7 Å². The summed E-state index contributed by atoms with van der Waals surface area (Å²) in [6.45, 7) is 0.684. The lowest BCUT2D eigenvalue weighted by Crippen LogP contribution is -2.37. The zero-order valence-corrected chi connectivity index (χ0v) is 14.1.